The first kappa shape index (κ1) is 15.3. The Hall–Kier alpha value is -0.730. The summed E-state index contributed by atoms with van der Waals surface area (Å²) in [7, 11) is 4.43. The molecule has 1 heterocycles. The summed E-state index contributed by atoms with van der Waals surface area (Å²) in [5, 5.41) is 9.80. The molecule has 0 amide bonds. The maximum atomic E-state index is 10.8. The first-order valence-corrected chi connectivity index (χ1v) is 5.60. The number of esters is 1. The molecule has 106 valence electrons. The lowest BCUT2D eigenvalue weighted by Gasteiger charge is -2.42. The van der Waals surface area contributed by atoms with Crippen molar-refractivity contribution >= 4 is 5.97 Å². The van der Waals surface area contributed by atoms with Crippen molar-refractivity contribution in [2.45, 2.75) is 37.6 Å². The second kappa shape index (κ2) is 7.01. The monoisotopic (exact) mass is 264 g/mol. The number of ether oxygens (including phenoxy) is 5. The van der Waals surface area contributed by atoms with E-state index in [1.54, 1.807) is 0 Å². The number of carbonyl (C=O) groups is 1. The molecule has 1 rings (SSSR count). The zero-order valence-corrected chi connectivity index (χ0v) is 11.0. The number of aliphatic hydroxyl groups excluding tert-OH is 1. The third-order valence-corrected chi connectivity index (χ3v) is 2.88. The molecule has 5 atom stereocenters. The standard InChI is InChI=1S/C11H20O7/c1-6(12)17-5-7-8(14-2)9(15-3)10(16-4)11(13)18-7/h7-11,13H,5H2,1-4H3. The molecule has 1 fully saturated rings. The topological polar surface area (TPSA) is 83.5 Å². The van der Waals surface area contributed by atoms with Crippen LogP contribution < -0.4 is 0 Å². The van der Waals surface area contributed by atoms with Crippen LogP contribution in [-0.4, -0.2) is 69.7 Å². The van der Waals surface area contributed by atoms with Gasteiger partial charge in [0.1, 0.15) is 31.0 Å². The van der Waals surface area contributed by atoms with E-state index in [1.807, 2.05) is 0 Å². The number of hydrogen-bond donors (Lipinski definition) is 1. The zero-order chi connectivity index (χ0) is 13.7. The number of aliphatic hydroxyl groups is 1. The van der Waals surface area contributed by atoms with Crippen molar-refractivity contribution in [1.29, 1.82) is 0 Å². The molecule has 0 aromatic carbocycles. The predicted molar refractivity (Wildman–Crippen MR) is 59.9 cm³/mol. The van der Waals surface area contributed by atoms with E-state index in [0.29, 0.717) is 0 Å². The van der Waals surface area contributed by atoms with Crippen LogP contribution in [0.4, 0.5) is 0 Å². The molecule has 7 nitrogen and oxygen atoms in total. The van der Waals surface area contributed by atoms with Gasteiger partial charge in [-0.05, 0) is 0 Å². The SMILES string of the molecule is COC1C(O)OC(COC(C)=O)C(OC)C1OC. The largest absolute Gasteiger partial charge is 0.463 e. The van der Waals surface area contributed by atoms with Crippen LogP contribution in [0, 0.1) is 0 Å². The lowest BCUT2D eigenvalue weighted by atomic mass is 9.98. The molecule has 1 N–H and O–H groups in total. The molecule has 0 aromatic heterocycles. The molecular weight excluding hydrogens is 244 g/mol. The van der Waals surface area contributed by atoms with E-state index in [0.717, 1.165) is 0 Å². The van der Waals surface area contributed by atoms with Crippen molar-refractivity contribution in [2.75, 3.05) is 27.9 Å². The van der Waals surface area contributed by atoms with Gasteiger partial charge in [0.2, 0.25) is 0 Å². The molecule has 1 aliphatic rings. The van der Waals surface area contributed by atoms with Crippen molar-refractivity contribution in [3.8, 4) is 0 Å². The van der Waals surface area contributed by atoms with E-state index in [-0.39, 0.29) is 6.61 Å². The molecular formula is C11H20O7. The Bertz CT molecular complexity index is 270. The highest BCUT2D eigenvalue weighted by atomic mass is 16.7. The minimum atomic E-state index is -1.16. The van der Waals surface area contributed by atoms with Crippen molar-refractivity contribution < 1.29 is 33.6 Å². The Morgan fingerprint density at radius 1 is 1.11 bits per heavy atom. The van der Waals surface area contributed by atoms with Gasteiger partial charge in [-0.1, -0.05) is 0 Å². The van der Waals surface area contributed by atoms with E-state index in [4.69, 9.17) is 23.7 Å². The summed E-state index contributed by atoms with van der Waals surface area (Å²) in [6.07, 6.45) is -3.43. The minimum Gasteiger partial charge on any atom is -0.463 e. The quantitative estimate of drug-likeness (QED) is 0.658. The molecule has 1 aliphatic heterocycles. The molecule has 0 saturated carbocycles. The van der Waals surface area contributed by atoms with E-state index >= 15 is 0 Å². The maximum Gasteiger partial charge on any atom is 0.302 e. The molecule has 0 radical (unpaired) electrons. The van der Waals surface area contributed by atoms with Crippen molar-refractivity contribution in [3.63, 3.8) is 0 Å². The molecule has 1 saturated heterocycles. The summed E-state index contributed by atoms with van der Waals surface area (Å²) < 4.78 is 25.9. The average Bonchev–Trinajstić information content (AvgIpc) is 2.34. The summed E-state index contributed by atoms with van der Waals surface area (Å²) in [6.45, 7) is 1.29. The fourth-order valence-electron chi connectivity index (χ4n) is 2.03. The van der Waals surface area contributed by atoms with Crippen LogP contribution in [0.15, 0.2) is 0 Å². The van der Waals surface area contributed by atoms with Crippen LogP contribution in [0.2, 0.25) is 0 Å². The van der Waals surface area contributed by atoms with Gasteiger partial charge in [0.05, 0.1) is 0 Å². The van der Waals surface area contributed by atoms with E-state index in [2.05, 4.69) is 0 Å². The molecule has 0 aromatic rings. The van der Waals surface area contributed by atoms with Gasteiger partial charge < -0.3 is 28.8 Å². The third-order valence-electron chi connectivity index (χ3n) is 2.88. The smallest absolute Gasteiger partial charge is 0.302 e. The van der Waals surface area contributed by atoms with E-state index in [1.165, 1.54) is 28.3 Å². The zero-order valence-electron chi connectivity index (χ0n) is 11.0. The molecule has 0 aliphatic carbocycles. The van der Waals surface area contributed by atoms with Crippen LogP contribution in [0.5, 0.6) is 0 Å². The molecule has 5 unspecified atom stereocenters. The third kappa shape index (κ3) is 3.39. The number of rotatable bonds is 5. The fourth-order valence-corrected chi connectivity index (χ4v) is 2.03. The van der Waals surface area contributed by atoms with Crippen LogP contribution >= 0.6 is 0 Å². The highest BCUT2D eigenvalue weighted by Gasteiger charge is 2.46. The molecule has 18 heavy (non-hydrogen) atoms. The Balaban J connectivity index is 2.76. The van der Waals surface area contributed by atoms with E-state index < -0.39 is 36.7 Å². The van der Waals surface area contributed by atoms with Gasteiger partial charge in [0.25, 0.3) is 0 Å². The second-order valence-corrected chi connectivity index (χ2v) is 3.97. The van der Waals surface area contributed by atoms with Gasteiger partial charge in [-0.15, -0.1) is 0 Å². The van der Waals surface area contributed by atoms with E-state index in [9.17, 15) is 9.90 Å². The van der Waals surface area contributed by atoms with Crippen LogP contribution in [-0.2, 0) is 28.5 Å². The van der Waals surface area contributed by atoms with Crippen molar-refractivity contribution in [1.82, 2.24) is 0 Å². The fraction of sp³-hybridized carbons (Fsp3) is 0.909. The second-order valence-electron chi connectivity index (χ2n) is 3.97. The number of methoxy groups -OCH3 is 3. The van der Waals surface area contributed by atoms with Crippen LogP contribution in [0.3, 0.4) is 0 Å². The van der Waals surface area contributed by atoms with Gasteiger partial charge >= 0.3 is 5.97 Å². The maximum absolute atomic E-state index is 10.8. The Morgan fingerprint density at radius 2 is 1.67 bits per heavy atom. The van der Waals surface area contributed by atoms with Crippen molar-refractivity contribution in [3.05, 3.63) is 0 Å². The highest BCUT2D eigenvalue weighted by Crippen LogP contribution is 2.26. The predicted octanol–water partition coefficient (Wildman–Crippen LogP) is -0.688. The minimum absolute atomic E-state index is 0.0127. The first-order valence-electron chi connectivity index (χ1n) is 5.60. The van der Waals surface area contributed by atoms with Gasteiger partial charge in [-0.25, -0.2) is 0 Å². The molecule has 7 heteroatoms. The number of hydrogen-bond acceptors (Lipinski definition) is 7. The Morgan fingerprint density at radius 3 is 2.11 bits per heavy atom. The molecule has 0 spiro atoms. The summed E-state index contributed by atoms with van der Waals surface area (Å²) >= 11 is 0. The Kier molecular flexibility index (Phi) is 5.97. The normalized spacial score (nSPS) is 36.4. The van der Waals surface area contributed by atoms with Gasteiger partial charge in [0, 0.05) is 28.3 Å². The summed E-state index contributed by atoms with van der Waals surface area (Å²) in [6, 6.07) is 0. The lowest BCUT2D eigenvalue weighted by molar-refractivity contribution is -0.300. The number of carbonyl (C=O) groups excluding carboxylic acids is 1. The summed E-state index contributed by atoms with van der Waals surface area (Å²) in [4.78, 5) is 10.8. The summed E-state index contributed by atoms with van der Waals surface area (Å²) in [5.41, 5.74) is 0. The van der Waals surface area contributed by atoms with Gasteiger partial charge in [-0.2, -0.15) is 0 Å². The van der Waals surface area contributed by atoms with Crippen molar-refractivity contribution in [2.24, 2.45) is 0 Å². The Labute approximate surface area is 106 Å². The summed E-state index contributed by atoms with van der Waals surface area (Å²) in [5.74, 6) is -0.425. The van der Waals surface area contributed by atoms with Gasteiger partial charge in [0.15, 0.2) is 6.29 Å². The highest BCUT2D eigenvalue weighted by molar-refractivity contribution is 5.65. The van der Waals surface area contributed by atoms with Crippen LogP contribution in [0.1, 0.15) is 6.92 Å². The lowest BCUT2D eigenvalue weighted by Crippen LogP contribution is -2.60. The van der Waals surface area contributed by atoms with Gasteiger partial charge in [-0.3, -0.25) is 4.79 Å². The van der Waals surface area contributed by atoms with Crippen LogP contribution in [0.25, 0.3) is 0 Å². The first-order chi connectivity index (χ1) is 8.54. The average molecular weight is 264 g/mol. The molecule has 0 bridgehead atoms.